The fourth-order valence-corrected chi connectivity index (χ4v) is 4.11. The number of amides is 1. The Balaban J connectivity index is 1.56. The van der Waals surface area contributed by atoms with Crippen molar-refractivity contribution in [3.8, 4) is 0 Å². The minimum Gasteiger partial charge on any atom is -0.322 e. The Bertz CT molecular complexity index is 1230. The second-order valence-electron chi connectivity index (χ2n) is 8.22. The van der Waals surface area contributed by atoms with Crippen LogP contribution in [0.2, 0.25) is 5.02 Å². The second kappa shape index (κ2) is 9.10. The van der Waals surface area contributed by atoms with Crippen LogP contribution in [0.1, 0.15) is 23.6 Å². The van der Waals surface area contributed by atoms with E-state index >= 15 is 0 Å². The summed E-state index contributed by atoms with van der Waals surface area (Å²) in [4.78, 5) is 12.6. The van der Waals surface area contributed by atoms with Gasteiger partial charge in [-0.2, -0.15) is 18.3 Å². The van der Waals surface area contributed by atoms with Crippen LogP contribution >= 0.6 is 11.6 Å². The zero-order chi connectivity index (χ0) is 24.5. The van der Waals surface area contributed by atoms with Crippen molar-refractivity contribution in [3.05, 3.63) is 100 Å². The number of hydrogen-bond donors (Lipinski definition) is 1. The standard InChI is InChI=1S/C25H20ClF4N3O/c1-24(17-5-3-2-4-6-17)15-33(32-23(24)16-7-10-19(26)11-8-16)14-22(34)31-21-12-9-18(13-20(21)27)25(28,29)30/h2-13H,14-15H2,1H3,(H,31,34). The molecule has 0 aromatic heterocycles. The first-order valence-corrected chi connectivity index (χ1v) is 10.8. The number of rotatable bonds is 5. The van der Waals surface area contributed by atoms with Crippen molar-refractivity contribution in [2.24, 2.45) is 5.10 Å². The average molecular weight is 490 g/mol. The maximum absolute atomic E-state index is 14.1. The third kappa shape index (κ3) is 4.92. The number of alkyl halides is 3. The van der Waals surface area contributed by atoms with Crippen LogP contribution in [0, 0.1) is 5.82 Å². The molecule has 0 spiro atoms. The van der Waals surface area contributed by atoms with Gasteiger partial charge in [0.1, 0.15) is 12.4 Å². The van der Waals surface area contributed by atoms with Crippen LogP contribution < -0.4 is 5.32 Å². The van der Waals surface area contributed by atoms with Gasteiger partial charge in [-0.1, -0.05) is 54.1 Å². The summed E-state index contributed by atoms with van der Waals surface area (Å²) in [6.45, 7) is 2.18. The van der Waals surface area contributed by atoms with Crippen LogP contribution in [0.4, 0.5) is 23.2 Å². The number of nitrogens with one attached hydrogen (secondary N) is 1. The van der Waals surface area contributed by atoms with E-state index in [1.54, 1.807) is 17.1 Å². The van der Waals surface area contributed by atoms with E-state index in [2.05, 4.69) is 10.4 Å². The van der Waals surface area contributed by atoms with Crippen molar-refractivity contribution in [2.45, 2.75) is 18.5 Å². The van der Waals surface area contributed by atoms with Gasteiger partial charge in [-0.25, -0.2) is 4.39 Å². The van der Waals surface area contributed by atoms with Crippen molar-refractivity contribution in [2.75, 3.05) is 18.4 Å². The molecule has 176 valence electrons. The number of benzene rings is 3. The molecule has 0 aliphatic carbocycles. The molecule has 3 aromatic rings. The Labute approximate surface area is 198 Å². The average Bonchev–Trinajstić information content (AvgIpc) is 3.12. The lowest BCUT2D eigenvalue weighted by atomic mass is 9.76. The lowest BCUT2D eigenvalue weighted by Gasteiger charge is -2.27. The first-order chi connectivity index (χ1) is 16.1. The van der Waals surface area contributed by atoms with Crippen LogP contribution in [0.25, 0.3) is 0 Å². The maximum atomic E-state index is 14.1. The third-order valence-electron chi connectivity index (χ3n) is 5.69. The van der Waals surface area contributed by atoms with Gasteiger partial charge in [0.25, 0.3) is 0 Å². The Morgan fingerprint density at radius 3 is 2.38 bits per heavy atom. The molecule has 1 atom stereocenters. The van der Waals surface area contributed by atoms with Crippen molar-refractivity contribution in [1.29, 1.82) is 0 Å². The first-order valence-electron chi connectivity index (χ1n) is 10.4. The quantitative estimate of drug-likeness (QED) is 0.439. The van der Waals surface area contributed by atoms with E-state index < -0.39 is 28.9 Å². The smallest absolute Gasteiger partial charge is 0.322 e. The summed E-state index contributed by atoms with van der Waals surface area (Å²) in [5.41, 5.74) is 0.578. The van der Waals surface area contributed by atoms with E-state index in [1.165, 1.54) is 0 Å². The molecule has 4 rings (SSSR count). The van der Waals surface area contributed by atoms with Gasteiger partial charge in [0.05, 0.1) is 28.9 Å². The molecular formula is C25H20ClF4N3O. The molecule has 3 aromatic carbocycles. The van der Waals surface area contributed by atoms with Gasteiger partial charge in [0.15, 0.2) is 0 Å². The predicted octanol–water partition coefficient (Wildman–Crippen LogP) is 6.11. The Kier molecular flexibility index (Phi) is 6.36. The summed E-state index contributed by atoms with van der Waals surface area (Å²) in [7, 11) is 0. The highest BCUT2D eigenvalue weighted by Gasteiger charge is 2.41. The van der Waals surface area contributed by atoms with Gasteiger partial charge in [-0.05, 0) is 48.4 Å². The zero-order valence-corrected chi connectivity index (χ0v) is 18.8. The van der Waals surface area contributed by atoms with Crippen LogP contribution in [-0.4, -0.2) is 29.7 Å². The summed E-state index contributed by atoms with van der Waals surface area (Å²) >= 11 is 6.03. The number of carbonyl (C=O) groups is 1. The predicted molar refractivity (Wildman–Crippen MR) is 123 cm³/mol. The lowest BCUT2D eigenvalue weighted by Crippen LogP contribution is -2.38. The minimum atomic E-state index is -4.67. The summed E-state index contributed by atoms with van der Waals surface area (Å²) in [6, 6.07) is 18.9. The van der Waals surface area contributed by atoms with Crippen molar-refractivity contribution in [1.82, 2.24) is 5.01 Å². The Hall–Kier alpha value is -3.39. The monoisotopic (exact) mass is 489 g/mol. The highest BCUT2D eigenvalue weighted by Crippen LogP contribution is 2.35. The maximum Gasteiger partial charge on any atom is 0.416 e. The number of nitrogens with zero attached hydrogens (tertiary/aromatic N) is 2. The molecule has 0 saturated carbocycles. The molecule has 1 heterocycles. The summed E-state index contributed by atoms with van der Waals surface area (Å²) in [5, 5.41) is 9.15. The van der Waals surface area contributed by atoms with Crippen molar-refractivity contribution < 1.29 is 22.4 Å². The Morgan fingerprint density at radius 1 is 1.09 bits per heavy atom. The molecular weight excluding hydrogens is 470 g/mol. The van der Waals surface area contributed by atoms with E-state index in [-0.39, 0.29) is 12.2 Å². The highest BCUT2D eigenvalue weighted by molar-refractivity contribution is 6.30. The summed E-state index contributed by atoms with van der Waals surface area (Å²) < 4.78 is 52.4. The van der Waals surface area contributed by atoms with E-state index in [0.717, 1.165) is 29.0 Å². The van der Waals surface area contributed by atoms with Gasteiger partial charge in [-0.3, -0.25) is 9.80 Å². The molecule has 0 bridgehead atoms. The number of hydrogen-bond acceptors (Lipinski definition) is 3. The van der Waals surface area contributed by atoms with E-state index in [4.69, 9.17) is 11.6 Å². The molecule has 1 unspecified atom stereocenters. The van der Waals surface area contributed by atoms with Crippen LogP contribution in [0.5, 0.6) is 0 Å². The van der Waals surface area contributed by atoms with Crippen molar-refractivity contribution in [3.63, 3.8) is 0 Å². The number of anilines is 1. The molecule has 34 heavy (non-hydrogen) atoms. The molecule has 0 fully saturated rings. The normalized spacial score (nSPS) is 18.1. The molecule has 1 aliphatic rings. The fourth-order valence-electron chi connectivity index (χ4n) is 3.98. The van der Waals surface area contributed by atoms with E-state index in [1.807, 2.05) is 49.4 Å². The molecule has 1 amide bonds. The molecule has 0 radical (unpaired) electrons. The SMILES string of the molecule is CC1(c2ccccc2)CN(CC(=O)Nc2ccc(C(F)(F)F)cc2F)N=C1c1ccc(Cl)cc1. The van der Waals surface area contributed by atoms with Crippen LogP contribution in [-0.2, 0) is 16.4 Å². The highest BCUT2D eigenvalue weighted by atomic mass is 35.5. The second-order valence-corrected chi connectivity index (χ2v) is 8.65. The Morgan fingerprint density at radius 2 is 1.76 bits per heavy atom. The number of hydrazone groups is 1. The van der Waals surface area contributed by atoms with Gasteiger partial charge in [0, 0.05) is 5.02 Å². The molecule has 0 saturated heterocycles. The zero-order valence-electron chi connectivity index (χ0n) is 18.0. The number of halogens is 5. The molecule has 1 aliphatic heterocycles. The van der Waals surface area contributed by atoms with Gasteiger partial charge in [-0.15, -0.1) is 0 Å². The van der Waals surface area contributed by atoms with Crippen molar-refractivity contribution >= 4 is 28.9 Å². The fraction of sp³-hybridized carbons (Fsp3) is 0.200. The summed E-state index contributed by atoms with van der Waals surface area (Å²) in [5.74, 6) is -1.76. The van der Waals surface area contributed by atoms with Gasteiger partial charge in [0.2, 0.25) is 5.91 Å². The van der Waals surface area contributed by atoms with E-state index in [0.29, 0.717) is 17.6 Å². The minimum absolute atomic E-state index is 0.208. The lowest BCUT2D eigenvalue weighted by molar-refractivity contribution is -0.137. The first kappa shape index (κ1) is 23.8. The largest absolute Gasteiger partial charge is 0.416 e. The molecule has 1 N–H and O–H groups in total. The third-order valence-corrected chi connectivity index (χ3v) is 5.94. The van der Waals surface area contributed by atoms with Crippen LogP contribution in [0.15, 0.2) is 77.9 Å². The molecule has 9 heteroatoms. The summed E-state index contributed by atoms with van der Waals surface area (Å²) in [6.07, 6.45) is -4.67. The van der Waals surface area contributed by atoms with Crippen LogP contribution in [0.3, 0.4) is 0 Å². The number of carbonyl (C=O) groups excluding carboxylic acids is 1. The van der Waals surface area contributed by atoms with Gasteiger partial charge < -0.3 is 5.32 Å². The van der Waals surface area contributed by atoms with E-state index in [9.17, 15) is 22.4 Å². The van der Waals surface area contributed by atoms with Gasteiger partial charge >= 0.3 is 6.18 Å². The molecule has 4 nitrogen and oxygen atoms in total. The topological polar surface area (TPSA) is 44.7 Å².